The third kappa shape index (κ3) is 4.21. The fourth-order valence-electron chi connectivity index (χ4n) is 4.14. The first-order valence-corrected chi connectivity index (χ1v) is 10.9. The van der Waals surface area contributed by atoms with E-state index in [1.165, 1.54) is 4.90 Å². The number of nitrogens with zero attached hydrogens (tertiary/aromatic N) is 3. The molecule has 1 saturated heterocycles. The van der Waals surface area contributed by atoms with Crippen LogP contribution >= 0.6 is 0 Å². The van der Waals surface area contributed by atoms with E-state index >= 15 is 0 Å². The van der Waals surface area contributed by atoms with E-state index in [-0.39, 0.29) is 17.9 Å². The van der Waals surface area contributed by atoms with Crippen LogP contribution in [0.25, 0.3) is 5.57 Å². The van der Waals surface area contributed by atoms with Gasteiger partial charge in [-0.05, 0) is 50.2 Å². The molecule has 0 aromatic heterocycles. The lowest BCUT2D eigenvalue weighted by atomic mass is 10.0. The van der Waals surface area contributed by atoms with Gasteiger partial charge in [0, 0.05) is 26.2 Å². The number of carbonyl (C=O) groups is 2. The van der Waals surface area contributed by atoms with Crippen LogP contribution in [0.1, 0.15) is 26.3 Å². The summed E-state index contributed by atoms with van der Waals surface area (Å²) in [5.41, 5.74) is 2.32. The molecule has 0 atom stereocenters. The molecular formula is C25H29N3O3. The summed E-state index contributed by atoms with van der Waals surface area (Å²) in [5.74, 6) is 0.179. The number of hydrogen-bond acceptors (Lipinski definition) is 5. The quantitative estimate of drug-likeness (QED) is 0.672. The summed E-state index contributed by atoms with van der Waals surface area (Å²) in [5, 5.41) is 0. The molecule has 0 saturated carbocycles. The molecule has 0 N–H and O–H groups in total. The maximum Gasteiger partial charge on any atom is 0.282 e. The van der Waals surface area contributed by atoms with Crippen molar-refractivity contribution in [1.82, 2.24) is 9.80 Å². The summed E-state index contributed by atoms with van der Waals surface area (Å²) in [6.07, 6.45) is 0.0561. The molecule has 0 spiro atoms. The molecule has 2 heterocycles. The van der Waals surface area contributed by atoms with Crippen molar-refractivity contribution in [3.05, 3.63) is 65.9 Å². The summed E-state index contributed by atoms with van der Waals surface area (Å²) in [7, 11) is 0. The van der Waals surface area contributed by atoms with Crippen LogP contribution in [0.15, 0.2) is 60.3 Å². The highest BCUT2D eigenvalue weighted by Gasteiger charge is 2.42. The average Bonchev–Trinajstić information content (AvgIpc) is 3.04. The SMILES string of the molecule is CCN1CCN(C2=C(c3ccccc3)C(=O)N(c3ccc(OC(C)C)cc3)C2=O)CC1. The van der Waals surface area contributed by atoms with Crippen molar-refractivity contribution in [2.24, 2.45) is 0 Å². The summed E-state index contributed by atoms with van der Waals surface area (Å²) >= 11 is 0. The molecular weight excluding hydrogens is 390 g/mol. The molecule has 162 valence electrons. The van der Waals surface area contributed by atoms with E-state index in [2.05, 4.69) is 16.7 Å². The van der Waals surface area contributed by atoms with Gasteiger partial charge in [-0.25, -0.2) is 4.90 Å². The van der Waals surface area contributed by atoms with Crippen LogP contribution in [0.2, 0.25) is 0 Å². The second kappa shape index (κ2) is 8.94. The van der Waals surface area contributed by atoms with Crippen molar-refractivity contribution in [1.29, 1.82) is 0 Å². The number of carbonyl (C=O) groups excluding carboxylic acids is 2. The molecule has 2 aromatic carbocycles. The van der Waals surface area contributed by atoms with E-state index in [0.717, 1.165) is 38.3 Å². The van der Waals surface area contributed by atoms with E-state index in [1.54, 1.807) is 24.3 Å². The van der Waals surface area contributed by atoms with Gasteiger partial charge in [0.1, 0.15) is 11.4 Å². The Labute approximate surface area is 183 Å². The van der Waals surface area contributed by atoms with E-state index in [0.29, 0.717) is 22.7 Å². The third-order valence-corrected chi connectivity index (χ3v) is 5.72. The fraction of sp³-hybridized carbons (Fsp3) is 0.360. The lowest BCUT2D eigenvalue weighted by Crippen LogP contribution is -2.47. The Hall–Kier alpha value is -3.12. The van der Waals surface area contributed by atoms with Crippen molar-refractivity contribution in [2.75, 3.05) is 37.6 Å². The van der Waals surface area contributed by atoms with Gasteiger partial charge in [0.2, 0.25) is 0 Å². The summed E-state index contributed by atoms with van der Waals surface area (Å²) < 4.78 is 5.70. The molecule has 0 radical (unpaired) electrons. The van der Waals surface area contributed by atoms with Crippen LogP contribution in [0.4, 0.5) is 5.69 Å². The van der Waals surface area contributed by atoms with E-state index in [4.69, 9.17) is 4.74 Å². The third-order valence-electron chi connectivity index (χ3n) is 5.72. The zero-order valence-electron chi connectivity index (χ0n) is 18.4. The van der Waals surface area contributed by atoms with Crippen molar-refractivity contribution in [2.45, 2.75) is 26.9 Å². The van der Waals surface area contributed by atoms with Gasteiger partial charge >= 0.3 is 0 Å². The van der Waals surface area contributed by atoms with Crippen molar-refractivity contribution in [3.8, 4) is 5.75 Å². The monoisotopic (exact) mass is 419 g/mol. The maximum absolute atomic E-state index is 13.6. The van der Waals surface area contributed by atoms with Gasteiger partial charge in [-0.15, -0.1) is 0 Å². The minimum atomic E-state index is -0.276. The highest BCUT2D eigenvalue weighted by Crippen LogP contribution is 2.35. The Morgan fingerprint density at radius 1 is 0.871 bits per heavy atom. The number of ether oxygens (including phenoxy) is 1. The van der Waals surface area contributed by atoms with Crippen molar-refractivity contribution < 1.29 is 14.3 Å². The minimum Gasteiger partial charge on any atom is -0.491 e. The van der Waals surface area contributed by atoms with Crippen LogP contribution in [0.5, 0.6) is 5.75 Å². The second-order valence-corrected chi connectivity index (χ2v) is 8.12. The molecule has 2 aliphatic heterocycles. The fourth-order valence-corrected chi connectivity index (χ4v) is 4.14. The Kier molecular flexibility index (Phi) is 6.09. The number of anilines is 1. The van der Waals surface area contributed by atoms with Gasteiger partial charge in [-0.2, -0.15) is 0 Å². The number of hydrogen-bond donors (Lipinski definition) is 0. The van der Waals surface area contributed by atoms with Crippen molar-refractivity contribution in [3.63, 3.8) is 0 Å². The first kappa shape index (κ1) is 21.1. The molecule has 31 heavy (non-hydrogen) atoms. The van der Waals surface area contributed by atoms with Crippen LogP contribution < -0.4 is 9.64 Å². The number of imide groups is 1. The van der Waals surface area contributed by atoms with Gasteiger partial charge in [0.05, 0.1) is 17.4 Å². The Morgan fingerprint density at radius 2 is 1.52 bits per heavy atom. The first-order chi connectivity index (χ1) is 15.0. The van der Waals surface area contributed by atoms with Crippen LogP contribution in [-0.2, 0) is 9.59 Å². The topological polar surface area (TPSA) is 53.1 Å². The zero-order chi connectivity index (χ0) is 22.0. The molecule has 0 bridgehead atoms. The molecule has 0 unspecified atom stereocenters. The summed E-state index contributed by atoms with van der Waals surface area (Å²) in [6.45, 7) is 10.3. The standard InChI is InChI=1S/C25H29N3O3/c1-4-26-14-16-27(17-15-26)23-22(19-8-6-5-7-9-19)24(29)28(25(23)30)20-10-12-21(13-11-20)31-18(2)3/h5-13,18H,4,14-17H2,1-3H3. The van der Waals surface area contributed by atoms with E-state index in [1.807, 2.05) is 44.2 Å². The Balaban J connectivity index is 1.69. The van der Waals surface area contributed by atoms with Gasteiger partial charge in [-0.3, -0.25) is 9.59 Å². The molecule has 2 aromatic rings. The van der Waals surface area contributed by atoms with Gasteiger partial charge in [-0.1, -0.05) is 37.3 Å². The predicted molar refractivity (Wildman–Crippen MR) is 122 cm³/mol. The molecule has 1 fully saturated rings. The number of likely N-dealkylation sites (N-methyl/N-ethyl adjacent to an activating group) is 1. The van der Waals surface area contributed by atoms with E-state index in [9.17, 15) is 9.59 Å². The van der Waals surface area contributed by atoms with Gasteiger partial charge in [0.15, 0.2) is 0 Å². The van der Waals surface area contributed by atoms with E-state index < -0.39 is 0 Å². The van der Waals surface area contributed by atoms with Gasteiger partial charge in [0.25, 0.3) is 11.8 Å². The Bertz CT molecular complexity index is 975. The normalized spacial score (nSPS) is 17.8. The van der Waals surface area contributed by atoms with Crippen LogP contribution in [0, 0.1) is 0 Å². The highest BCUT2D eigenvalue weighted by atomic mass is 16.5. The molecule has 6 heteroatoms. The molecule has 2 aliphatic rings. The summed E-state index contributed by atoms with van der Waals surface area (Å²) in [6, 6.07) is 16.6. The molecule has 2 amide bonds. The number of rotatable bonds is 6. The second-order valence-electron chi connectivity index (χ2n) is 8.12. The number of benzene rings is 2. The molecule has 0 aliphatic carbocycles. The van der Waals surface area contributed by atoms with Crippen LogP contribution in [-0.4, -0.2) is 60.4 Å². The van der Waals surface area contributed by atoms with Crippen molar-refractivity contribution >= 4 is 23.1 Å². The lowest BCUT2D eigenvalue weighted by molar-refractivity contribution is -0.120. The van der Waals surface area contributed by atoms with Gasteiger partial charge < -0.3 is 14.5 Å². The number of amides is 2. The Morgan fingerprint density at radius 3 is 2.10 bits per heavy atom. The minimum absolute atomic E-state index is 0.0561. The first-order valence-electron chi connectivity index (χ1n) is 10.9. The highest BCUT2D eigenvalue weighted by molar-refractivity contribution is 6.45. The average molecular weight is 420 g/mol. The number of piperazine rings is 1. The smallest absolute Gasteiger partial charge is 0.282 e. The van der Waals surface area contributed by atoms with Crippen LogP contribution in [0.3, 0.4) is 0 Å². The lowest BCUT2D eigenvalue weighted by Gasteiger charge is -2.36. The molecule has 4 rings (SSSR count). The zero-order valence-corrected chi connectivity index (χ0v) is 18.4. The predicted octanol–water partition coefficient (Wildman–Crippen LogP) is 3.40. The largest absolute Gasteiger partial charge is 0.491 e. The summed E-state index contributed by atoms with van der Waals surface area (Å²) in [4.78, 5) is 32.8. The maximum atomic E-state index is 13.6. The molecule has 6 nitrogen and oxygen atoms in total.